The molecule has 1 N–H and O–H groups in total. The number of aromatic nitrogens is 1. The molecule has 1 amide bonds. The molecule has 0 aromatic carbocycles. The first-order chi connectivity index (χ1) is 17.6. The molecule has 1 heterocycles. The van der Waals surface area contributed by atoms with Crippen LogP contribution >= 0.6 is 0 Å². The Balaban J connectivity index is 0.0000130. The Hall–Kier alpha value is -1.89. The maximum absolute atomic E-state index is 11.9. The summed E-state index contributed by atoms with van der Waals surface area (Å²) in [6.45, 7) is 7.71. The Morgan fingerprint density at radius 2 is 1.27 bits per heavy atom. The molecule has 37 heavy (non-hydrogen) atoms. The van der Waals surface area contributed by atoms with Gasteiger partial charge in [-0.1, -0.05) is 96.6 Å². The highest BCUT2D eigenvalue weighted by Gasteiger charge is 2.07. The Morgan fingerprint density at radius 3 is 1.86 bits per heavy atom. The van der Waals surface area contributed by atoms with Crippen LogP contribution in [0.1, 0.15) is 110 Å². The van der Waals surface area contributed by atoms with Crippen molar-refractivity contribution in [1.29, 1.82) is 0 Å². The van der Waals surface area contributed by atoms with Crippen LogP contribution in [0, 0.1) is 0 Å². The second-order valence-electron chi connectivity index (χ2n) is 9.73. The van der Waals surface area contributed by atoms with E-state index in [9.17, 15) is 9.59 Å². The quantitative estimate of drug-likeness (QED) is 0.0914. The average Bonchev–Trinajstić information content (AvgIpc) is 2.89. The minimum absolute atomic E-state index is 0. The highest BCUT2D eigenvalue weighted by Crippen LogP contribution is 2.13. The summed E-state index contributed by atoms with van der Waals surface area (Å²) >= 11 is 0. The zero-order valence-electron chi connectivity index (χ0n) is 23.2. The predicted molar refractivity (Wildman–Crippen MR) is 146 cm³/mol. The summed E-state index contributed by atoms with van der Waals surface area (Å²) in [6.07, 6.45) is 22.5. The van der Waals surface area contributed by atoms with Crippen LogP contribution in [0.15, 0.2) is 42.7 Å². The van der Waals surface area contributed by atoms with Gasteiger partial charge in [0.05, 0.1) is 0 Å². The number of nitrogens with zero attached hydrogens (tertiary/aromatic N) is 1. The molecule has 0 bridgehead atoms. The molecule has 0 saturated heterocycles. The van der Waals surface area contributed by atoms with Crippen LogP contribution < -0.4 is 26.9 Å². The van der Waals surface area contributed by atoms with E-state index in [0.29, 0.717) is 18.5 Å². The third-order valence-electron chi connectivity index (χ3n) is 6.22. The Labute approximate surface area is 236 Å². The van der Waals surface area contributed by atoms with Crippen molar-refractivity contribution in [2.45, 2.75) is 116 Å². The molecule has 0 aliphatic carbocycles. The number of halogens is 1. The molecule has 1 rings (SSSR count). The lowest BCUT2D eigenvalue weighted by Gasteiger charge is -2.09. The number of carbonyl (C=O) groups excluding carboxylic acids is 2. The highest BCUT2D eigenvalue weighted by atomic mass is 79.9. The molecular formula is C30H51BrN2O4. The summed E-state index contributed by atoms with van der Waals surface area (Å²) in [4.78, 5) is 23.7. The summed E-state index contributed by atoms with van der Waals surface area (Å²) in [7, 11) is 0. The number of unbranched alkanes of at least 4 members (excludes halogenated alkanes) is 13. The van der Waals surface area contributed by atoms with Gasteiger partial charge in [-0.15, -0.1) is 0 Å². The zero-order chi connectivity index (χ0) is 26.1. The maximum Gasteiger partial charge on any atom is 0.407 e. The molecule has 0 aliphatic heterocycles. The van der Waals surface area contributed by atoms with Gasteiger partial charge in [0.25, 0.3) is 0 Å². The Bertz CT molecular complexity index is 700. The number of alkyl carbamates (subject to hydrolysis) is 1. The first kappa shape index (κ1) is 35.1. The van der Waals surface area contributed by atoms with Gasteiger partial charge in [0, 0.05) is 31.5 Å². The smallest absolute Gasteiger partial charge is 0.407 e. The third-order valence-corrected chi connectivity index (χ3v) is 6.22. The predicted octanol–water partition coefficient (Wildman–Crippen LogP) is 4.07. The normalized spacial score (nSPS) is 10.4. The fourth-order valence-electron chi connectivity index (χ4n) is 4.00. The Morgan fingerprint density at radius 1 is 0.730 bits per heavy atom. The number of pyridine rings is 1. The van der Waals surface area contributed by atoms with Crippen LogP contribution in [0.5, 0.6) is 0 Å². The first-order valence-electron chi connectivity index (χ1n) is 14.3. The van der Waals surface area contributed by atoms with E-state index in [2.05, 4.69) is 23.4 Å². The van der Waals surface area contributed by atoms with Gasteiger partial charge in [-0.05, 0) is 18.4 Å². The van der Waals surface area contributed by atoms with Crippen LogP contribution in [0.25, 0.3) is 0 Å². The Kier molecular flexibility index (Phi) is 24.4. The van der Waals surface area contributed by atoms with Crippen molar-refractivity contribution in [1.82, 2.24) is 5.32 Å². The van der Waals surface area contributed by atoms with Crippen molar-refractivity contribution >= 4 is 12.1 Å². The fraction of sp³-hybridized carbons (Fsp3) is 0.700. The van der Waals surface area contributed by atoms with E-state index in [4.69, 9.17) is 9.47 Å². The minimum atomic E-state index is -0.471. The van der Waals surface area contributed by atoms with Crippen LogP contribution in [0.2, 0.25) is 0 Å². The van der Waals surface area contributed by atoms with Crippen molar-refractivity contribution in [2.24, 2.45) is 0 Å². The van der Waals surface area contributed by atoms with Crippen LogP contribution in [0.4, 0.5) is 4.79 Å². The largest absolute Gasteiger partial charge is 1.00 e. The maximum atomic E-state index is 11.9. The number of carbonyl (C=O) groups is 2. The molecule has 1 aromatic heterocycles. The van der Waals surface area contributed by atoms with E-state index >= 15 is 0 Å². The van der Waals surface area contributed by atoms with Crippen LogP contribution in [0.3, 0.4) is 0 Å². The number of hydrogen-bond donors (Lipinski definition) is 1. The van der Waals surface area contributed by atoms with Crippen LogP contribution in [-0.2, 0) is 20.8 Å². The van der Waals surface area contributed by atoms with Crippen LogP contribution in [-0.4, -0.2) is 31.8 Å². The SMILES string of the molecule is C=C(COC(=O)CCCCCCCCCCCCCCC)COC(=O)NCCCC[n+]1ccccc1.[Br-]. The molecular weight excluding hydrogens is 532 g/mol. The first-order valence-corrected chi connectivity index (χ1v) is 14.3. The van der Waals surface area contributed by atoms with Crippen molar-refractivity contribution in [3.8, 4) is 0 Å². The van der Waals surface area contributed by atoms with Gasteiger partial charge in [-0.2, -0.15) is 0 Å². The summed E-state index contributed by atoms with van der Waals surface area (Å²) < 4.78 is 12.5. The van der Waals surface area contributed by atoms with Gasteiger partial charge < -0.3 is 31.8 Å². The highest BCUT2D eigenvalue weighted by molar-refractivity contribution is 5.69. The molecule has 0 atom stereocenters. The molecule has 0 fully saturated rings. The summed E-state index contributed by atoms with van der Waals surface area (Å²) in [5, 5.41) is 2.74. The van der Waals surface area contributed by atoms with Gasteiger partial charge in [0.15, 0.2) is 12.4 Å². The van der Waals surface area contributed by atoms with Gasteiger partial charge in [-0.25, -0.2) is 9.36 Å². The van der Waals surface area contributed by atoms with E-state index < -0.39 is 6.09 Å². The molecule has 0 unspecified atom stereocenters. The van der Waals surface area contributed by atoms with Crippen molar-refractivity contribution in [3.63, 3.8) is 0 Å². The zero-order valence-corrected chi connectivity index (χ0v) is 24.8. The number of aryl methyl sites for hydroxylation is 1. The van der Waals surface area contributed by atoms with E-state index in [1.54, 1.807) is 0 Å². The van der Waals surface area contributed by atoms with Crippen molar-refractivity contribution < 1.29 is 40.6 Å². The lowest BCUT2D eigenvalue weighted by Crippen LogP contribution is -3.00. The van der Waals surface area contributed by atoms with E-state index in [0.717, 1.165) is 32.2 Å². The van der Waals surface area contributed by atoms with Gasteiger partial charge >= 0.3 is 12.1 Å². The molecule has 0 aliphatic rings. The number of amides is 1. The van der Waals surface area contributed by atoms with Gasteiger partial charge in [0.2, 0.25) is 0 Å². The molecule has 0 saturated carbocycles. The molecule has 212 valence electrons. The number of hydrogen-bond acceptors (Lipinski definition) is 4. The van der Waals surface area contributed by atoms with Crippen molar-refractivity contribution in [3.05, 3.63) is 42.7 Å². The topological polar surface area (TPSA) is 68.5 Å². The number of ether oxygens (including phenoxy) is 2. The lowest BCUT2D eigenvalue weighted by atomic mass is 10.0. The second-order valence-corrected chi connectivity index (χ2v) is 9.73. The van der Waals surface area contributed by atoms with E-state index in [1.165, 1.54) is 70.6 Å². The molecule has 1 aromatic rings. The van der Waals surface area contributed by atoms with Gasteiger partial charge in [0.1, 0.15) is 19.8 Å². The summed E-state index contributed by atoms with van der Waals surface area (Å²) in [5.74, 6) is -0.208. The number of nitrogens with one attached hydrogen (secondary N) is 1. The summed E-state index contributed by atoms with van der Waals surface area (Å²) in [5.41, 5.74) is 0.573. The number of rotatable bonds is 23. The number of esters is 1. The average molecular weight is 584 g/mol. The minimum Gasteiger partial charge on any atom is -1.00 e. The monoisotopic (exact) mass is 582 g/mol. The van der Waals surface area contributed by atoms with E-state index in [1.807, 2.05) is 30.6 Å². The molecule has 7 heteroatoms. The second kappa shape index (κ2) is 25.7. The molecule has 0 radical (unpaired) electrons. The summed E-state index contributed by atoms with van der Waals surface area (Å²) in [6, 6.07) is 5.99. The van der Waals surface area contributed by atoms with Gasteiger partial charge in [-0.3, -0.25) is 4.79 Å². The van der Waals surface area contributed by atoms with E-state index in [-0.39, 0.29) is 36.2 Å². The standard InChI is InChI=1S/C30H50N2O4.BrH/c1-3-4-5-6-7-8-9-10-11-12-13-14-16-21-29(33)35-26-28(2)27-36-30(34)31-22-17-20-25-32-23-18-15-19-24-32;/h15,18-19,23-24H,2-14,16-17,20-22,25-27H2,1H3;1H. The molecule has 6 nitrogen and oxygen atoms in total. The van der Waals surface area contributed by atoms with Crippen molar-refractivity contribution in [2.75, 3.05) is 19.8 Å². The third kappa shape index (κ3) is 23.0. The lowest BCUT2D eigenvalue weighted by molar-refractivity contribution is -0.697. The molecule has 0 spiro atoms. The fourth-order valence-corrected chi connectivity index (χ4v) is 4.00.